The number of carbonyl (C=O) groups excluding carboxylic acids is 1. The van der Waals surface area contributed by atoms with Crippen molar-refractivity contribution in [3.63, 3.8) is 0 Å². The zero-order valence-corrected chi connectivity index (χ0v) is 11.8. The van der Waals surface area contributed by atoms with Crippen molar-refractivity contribution in [2.75, 3.05) is 26.7 Å². The van der Waals surface area contributed by atoms with Gasteiger partial charge in [0.1, 0.15) is 5.82 Å². The Morgan fingerprint density at radius 2 is 2.39 bits per heavy atom. The van der Waals surface area contributed by atoms with Gasteiger partial charge in [-0.1, -0.05) is 6.07 Å². The van der Waals surface area contributed by atoms with Gasteiger partial charge in [-0.05, 0) is 54.0 Å². The van der Waals surface area contributed by atoms with E-state index in [1.807, 2.05) is 0 Å². The van der Waals surface area contributed by atoms with Crippen LogP contribution in [0.5, 0.6) is 0 Å². The molecule has 1 aliphatic heterocycles. The second-order valence-electron chi connectivity index (χ2n) is 4.73. The predicted octanol–water partition coefficient (Wildman–Crippen LogP) is 2.27. The number of nitrogens with zero attached hydrogens (tertiary/aromatic N) is 1. The van der Waals surface area contributed by atoms with Crippen molar-refractivity contribution in [2.45, 2.75) is 6.42 Å². The van der Waals surface area contributed by atoms with Crippen LogP contribution in [0.15, 0.2) is 22.7 Å². The fourth-order valence-electron chi connectivity index (χ4n) is 2.20. The molecule has 3 nitrogen and oxygen atoms in total. The summed E-state index contributed by atoms with van der Waals surface area (Å²) in [4.78, 5) is 14.2. The molecule has 0 spiro atoms. The molecule has 0 aromatic heterocycles. The van der Waals surface area contributed by atoms with Gasteiger partial charge in [0.05, 0.1) is 10.0 Å². The van der Waals surface area contributed by atoms with Gasteiger partial charge in [0.2, 0.25) is 0 Å². The second-order valence-corrected chi connectivity index (χ2v) is 5.52. The highest BCUT2D eigenvalue weighted by atomic mass is 79.9. The second kappa shape index (κ2) is 5.80. The molecule has 5 heteroatoms. The zero-order chi connectivity index (χ0) is 13.1. The number of hydrogen-bond donors (Lipinski definition) is 1. The van der Waals surface area contributed by atoms with Gasteiger partial charge in [-0.15, -0.1) is 0 Å². The summed E-state index contributed by atoms with van der Waals surface area (Å²) in [6.45, 7) is 2.72. The van der Waals surface area contributed by atoms with E-state index in [0.717, 1.165) is 19.5 Å². The first kappa shape index (κ1) is 13.5. The van der Waals surface area contributed by atoms with Crippen molar-refractivity contribution in [3.05, 3.63) is 34.1 Å². The molecule has 1 aromatic carbocycles. The molecule has 0 bridgehead atoms. The Morgan fingerprint density at radius 1 is 1.61 bits per heavy atom. The number of hydrogen-bond acceptors (Lipinski definition) is 2. The Kier molecular flexibility index (Phi) is 4.35. The molecule has 0 saturated carbocycles. The van der Waals surface area contributed by atoms with E-state index in [2.05, 4.69) is 33.2 Å². The quantitative estimate of drug-likeness (QED) is 0.928. The van der Waals surface area contributed by atoms with Crippen LogP contribution in [0.4, 0.5) is 4.39 Å². The molecular formula is C13H16BrFN2O. The highest BCUT2D eigenvalue weighted by Gasteiger charge is 2.20. The first-order valence-electron chi connectivity index (χ1n) is 5.98. The van der Waals surface area contributed by atoms with Crippen molar-refractivity contribution >= 4 is 21.8 Å². The number of halogens is 2. The summed E-state index contributed by atoms with van der Waals surface area (Å²) < 4.78 is 13.5. The van der Waals surface area contributed by atoms with Crippen LogP contribution in [0, 0.1) is 11.7 Å². The summed E-state index contributed by atoms with van der Waals surface area (Å²) in [5, 5.41) is 2.87. The lowest BCUT2D eigenvalue weighted by molar-refractivity contribution is 0.0946. The molecule has 1 atom stereocenters. The third kappa shape index (κ3) is 3.09. The molecule has 18 heavy (non-hydrogen) atoms. The summed E-state index contributed by atoms with van der Waals surface area (Å²) in [6, 6.07) is 4.48. The lowest BCUT2D eigenvalue weighted by Gasteiger charge is -2.12. The van der Waals surface area contributed by atoms with E-state index in [1.165, 1.54) is 6.07 Å². The first-order chi connectivity index (χ1) is 8.58. The van der Waals surface area contributed by atoms with Crippen molar-refractivity contribution in [1.29, 1.82) is 0 Å². The minimum absolute atomic E-state index is 0.226. The molecule has 1 heterocycles. The standard InChI is InChI=1S/C13H16BrFN2O/c1-17-6-5-9(8-17)7-16-13(18)10-3-2-4-11(15)12(10)14/h2-4,9H,5-8H2,1H3,(H,16,18). The van der Waals surface area contributed by atoms with Gasteiger partial charge >= 0.3 is 0 Å². The molecule has 98 valence electrons. The Balaban J connectivity index is 1.94. The first-order valence-corrected chi connectivity index (χ1v) is 6.78. The van der Waals surface area contributed by atoms with Crippen LogP contribution in [-0.4, -0.2) is 37.5 Å². The lowest BCUT2D eigenvalue weighted by atomic mass is 10.1. The molecule has 1 aliphatic rings. The SMILES string of the molecule is CN1CCC(CNC(=O)c2cccc(F)c2Br)C1. The molecule has 1 N–H and O–H groups in total. The number of carbonyl (C=O) groups is 1. The van der Waals surface area contributed by atoms with Gasteiger partial charge < -0.3 is 10.2 Å². The fourth-order valence-corrected chi connectivity index (χ4v) is 2.65. The third-order valence-electron chi connectivity index (χ3n) is 3.24. The van der Waals surface area contributed by atoms with E-state index in [1.54, 1.807) is 12.1 Å². The number of likely N-dealkylation sites (tertiary alicyclic amines) is 1. The van der Waals surface area contributed by atoms with Gasteiger partial charge in [-0.3, -0.25) is 4.79 Å². The Labute approximate surface area is 114 Å². The maximum absolute atomic E-state index is 13.3. The van der Waals surface area contributed by atoms with Crippen molar-refractivity contribution < 1.29 is 9.18 Å². The van der Waals surface area contributed by atoms with Crippen LogP contribution >= 0.6 is 15.9 Å². The van der Waals surface area contributed by atoms with Crippen LogP contribution in [0.2, 0.25) is 0 Å². The van der Waals surface area contributed by atoms with Crippen LogP contribution in [0.1, 0.15) is 16.8 Å². The van der Waals surface area contributed by atoms with Crippen molar-refractivity contribution in [2.24, 2.45) is 5.92 Å². The van der Waals surface area contributed by atoms with Gasteiger partial charge in [0.25, 0.3) is 5.91 Å². The lowest BCUT2D eigenvalue weighted by Crippen LogP contribution is -2.30. The number of benzene rings is 1. The highest BCUT2D eigenvalue weighted by molar-refractivity contribution is 9.10. The topological polar surface area (TPSA) is 32.3 Å². The predicted molar refractivity (Wildman–Crippen MR) is 72.0 cm³/mol. The van der Waals surface area contributed by atoms with E-state index in [0.29, 0.717) is 18.0 Å². The molecule has 1 fully saturated rings. The molecule has 0 radical (unpaired) electrons. The zero-order valence-electron chi connectivity index (χ0n) is 10.2. The van der Waals surface area contributed by atoms with E-state index in [4.69, 9.17) is 0 Å². The summed E-state index contributed by atoms with van der Waals surface area (Å²) in [5.41, 5.74) is 0.348. The number of rotatable bonds is 3. The molecule has 0 aliphatic carbocycles. The van der Waals surface area contributed by atoms with Gasteiger partial charge in [-0.2, -0.15) is 0 Å². The monoisotopic (exact) mass is 314 g/mol. The maximum atomic E-state index is 13.3. The van der Waals surface area contributed by atoms with Gasteiger partial charge in [0.15, 0.2) is 0 Å². The Bertz CT molecular complexity index is 453. The average Bonchev–Trinajstić information content (AvgIpc) is 2.76. The van der Waals surface area contributed by atoms with Gasteiger partial charge in [-0.25, -0.2) is 4.39 Å². The minimum Gasteiger partial charge on any atom is -0.352 e. The molecule has 1 amide bonds. The fraction of sp³-hybridized carbons (Fsp3) is 0.462. The van der Waals surface area contributed by atoms with E-state index < -0.39 is 5.82 Å². The molecule has 1 saturated heterocycles. The van der Waals surface area contributed by atoms with Crippen LogP contribution in [0.25, 0.3) is 0 Å². The molecular weight excluding hydrogens is 299 g/mol. The van der Waals surface area contributed by atoms with E-state index in [9.17, 15) is 9.18 Å². The third-order valence-corrected chi connectivity index (χ3v) is 4.04. The number of nitrogens with one attached hydrogen (secondary N) is 1. The molecule has 2 rings (SSSR count). The maximum Gasteiger partial charge on any atom is 0.252 e. The van der Waals surface area contributed by atoms with Crippen LogP contribution < -0.4 is 5.32 Å². The Morgan fingerprint density at radius 3 is 3.06 bits per heavy atom. The summed E-state index contributed by atoms with van der Waals surface area (Å²) >= 11 is 3.10. The highest BCUT2D eigenvalue weighted by Crippen LogP contribution is 2.20. The number of amides is 1. The minimum atomic E-state index is -0.414. The molecule has 1 unspecified atom stereocenters. The average molecular weight is 315 g/mol. The van der Waals surface area contributed by atoms with E-state index >= 15 is 0 Å². The molecule has 1 aromatic rings. The smallest absolute Gasteiger partial charge is 0.252 e. The van der Waals surface area contributed by atoms with Crippen molar-refractivity contribution in [1.82, 2.24) is 10.2 Å². The summed E-state index contributed by atoms with van der Waals surface area (Å²) in [5.74, 6) is -0.148. The largest absolute Gasteiger partial charge is 0.352 e. The van der Waals surface area contributed by atoms with E-state index in [-0.39, 0.29) is 10.4 Å². The summed E-state index contributed by atoms with van der Waals surface area (Å²) in [6.07, 6.45) is 1.10. The summed E-state index contributed by atoms with van der Waals surface area (Å²) in [7, 11) is 2.07. The van der Waals surface area contributed by atoms with Crippen LogP contribution in [-0.2, 0) is 0 Å². The van der Waals surface area contributed by atoms with Crippen LogP contribution in [0.3, 0.4) is 0 Å². The normalized spacial score (nSPS) is 20.1. The van der Waals surface area contributed by atoms with Gasteiger partial charge in [0, 0.05) is 13.1 Å². The Hall–Kier alpha value is -0.940. The van der Waals surface area contributed by atoms with Crippen molar-refractivity contribution in [3.8, 4) is 0 Å².